The summed E-state index contributed by atoms with van der Waals surface area (Å²) in [5, 5.41) is 0.300. The Morgan fingerprint density at radius 3 is 2.80 bits per heavy atom. The summed E-state index contributed by atoms with van der Waals surface area (Å²) < 4.78 is 13.4. The molecule has 0 aliphatic heterocycles. The SMILES string of the molecule is Cc1nc(Cl)cc(-c2ccncc2F)n1. The van der Waals surface area contributed by atoms with Crippen LogP contribution in [-0.4, -0.2) is 15.0 Å². The molecule has 2 heterocycles. The predicted octanol–water partition coefficient (Wildman–Crippen LogP) is 2.64. The summed E-state index contributed by atoms with van der Waals surface area (Å²) in [4.78, 5) is 11.7. The molecule has 15 heavy (non-hydrogen) atoms. The minimum atomic E-state index is -0.424. The average Bonchev–Trinajstić information content (AvgIpc) is 2.16. The molecule has 0 atom stereocenters. The smallest absolute Gasteiger partial charge is 0.150 e. The Labute approximate surface area is 91.0 Å². The van der Waals surface area contributed by atoms with Crippen molar-refractivity contribution in [1.29, 1.82) is 0 Å². The summed E-state index contributed by atoms with van der Waals surface area (Å²) in [7, 11) is 0. The number of aromatic nitrogens is 3. The zero-order valence-corrected chi connectivity index (χ0v) is 8.66. The van der Waals surface area contributed by atoms with Crippen LogP contribution in [-0.2, 0) is 0 Å². The Hall–Kier alpha value is -1.55. The first-order chi connectivity index (χ1) is 7.16. The van der Waals surface area contributed by atoms with Crippen molar-refractivity contribution < 1.29 is 4.39 Å². The molecule has 0 unspecified atom stereocenters. The van der Waals surface area contributed by atoms with Crippen LogP contribution in [0.25, 0.3) is 11.3 Å². The molecule has 0 N–H and O–H groups in total. The maximum Gasteiger partial charge on any atom is 0.150 e. The number of aryl methyl sites for hydroxylation is 1. The highest BCUT2D eigenvalue weighted by molar-refractivity contribution is 6.29. The van der Waals surface area contributed by atoms with Gasteiger partial charge in [-0.1, -0.05) is 11.6 Å². The lowest BCUT2D eigenvalue weighted by atomic mass is 10.2. The Morgan fingerprint density at radius 2 is 2.13 bits per heavy atom. The minimum absolute atomic E-state index is 0.300. The van der Waals surface area contributed by atoms with E-state index < -0.39 is 5.82 Å². The van der Waals surface area contributed by atoms with E-state index in [9.17, 15) is 4.39 Å². The number of rotatable bonds is 1. The van der Waals surface area contributed by atoms with E-state index in [1.807, 2.05) is 0 Å². The average molecular weight is 224 g/mol. The van der Waals surface area contributed by atoms with E-state index in [1.54, 1.807) is 13.0 Å². The maximum absolute atomic E-state index is 13.4. The van der Waals surface area contributed by atoms with E-state index in [0.717, 1.165) is 6.20 Å². The van der Waals surface area contributed by atoms with Crippen molar-refractivity contribution in [2.45, 2.75) is 6.92 Å². The molecule has 0 amide bonds. The first-order valence-corrected chi connectivity index (χ1v) is 4.65. The first-order valence-electron chi connectivity index (χ1n) is 4.28. The molecule has 0 aliphatic rings. The van der Waals surface area contributed by atoms with Crippen LogP contribution in [0.3, 0.4) is 0 Å². The van der Waals surface area contributed by atoms with Crippen LogP contribution in [0, 0.1) is 12.7 Å². The number of hydrogen-bond donors (Lipinski definition) is 0. The Kier molecular flexibility index (Phi) is 2.60. The molecule has 0 radical (unpaired) electrons. The van der Waals surface area contributed by atoms with Gasteiger partial charge in [-0.05, 0) is 13.0 Å². The molecule has 3 nitrogen and oxygen atoms in total. The lowest BCUT2D eigenvalue weighted by molar-refractivity contribution is 0.624. The van der Waals surface area contributed by atoms with E-state index in [4.69, 9.17) is 11.6 Å². The quantitative estimate of drug-likeness (QED) is 0.698. The number of nitrogens with zero attached hydrogens (tertiary/aromatic N) is 3. The van der Waals surface area contributed by atoms with Crippen molar-refractivity contribution in [3.8, 4) is 11.3 Å². The second-order valence-electron chi connectivity index (χ2n) is 2.98. The molecule has 0 bridgehead atoms. The van der Waals surface area contributed by atoms with Crippen LogP contribution >= 0.6 is 11.6 Å². The molecular weight excluding hydrogens is 217 g/mol. The molecule has 0 aliphatic carbocycles. The van der Waals surface area contributed by atoms with Gasteiger partial charge >= 0.3 is 0 Å². The first kappa shape index (κ1) is 9.98. The van der Waals surface area contributed by atoms with Crippen LogP contribution in [0.4, 0.5) is 4.39 Å². The van der Waals surface area contributed by atoms with E-state index in [1.165, 1.54) is 12.3 Å². The highest BCUT2D eigenvalue weighted by Gasteiger charge is 2.07. The van der Waals surface area contributed by atoms with Gasteiger partial charge in [-0.2, -0.15) is 0 Å². The highest BCUT2D eigenvalue weighted by Crippen LogP contribution is 2.21. The lowest BCUT2D eigenvalue weighted by Crippen LogP contribution is -1.94. The summed E-state index contributed by atoms with van der Waals surface area (Å²) >= 11 is 5.76. The van der Waals surface area contributed by atoms with E-state index in [0.29, 0.717) is 22.2 Å². The van der Waals surface area contributed by atoms with Crippen molar-refractivity contribution in [2.75, 3.05) is 0 Å². The molecule has 2 aromatic heterocycles. The van der Waals surface area contributed by atoms with Gasteiger partial charge in [-0.15, -0.1) is 0 Å². The summed E-state index contributed by atoms with van der Waals surface area (Å²) in [6.07, 6.45) is 2.64. The fourth-order valence-electron chi connectivity index (χ4n) is 1.25. The van der Waals surface area contributed by atoms with E-state index in [-0.39, 0.29) is 0 Å². The van der Waals surface area contributed by atoms with Crippen molar-refractivity contribution in [1.82, 2.24) is 15.0 Å². The summed E-state index contributed by atoms with van der Waals surface area (Å²) in [6.45, 7) is 1.70. The zero-order chi connectivity index (χ0) is 10.8. The van der Waals surface area contributed by atoms with Gasteiger partial charge in [0.2, 0.25) is 0 Å². The number of hydrogen-bond acceptors (Lipinski definition) is 3. The molecule has 2 rings (SSSR count). The van der Waals surface area contributed by atoms with Gasteiger partial charge in [0, 0.05) is 17.8 Å². The van der Waals surface area contributed by atoms with Crippen LogP contribution < -0.4 is 0 Å². The fraction of sp³-hybridized carbons (Fsp3) is 0.100. The molecule has 2 aromatic rings. The van der Waals surface area contributed by atoms with Gasteiger partial charge in [0.15, 0.2) is 5.82 Å². The second-order valence-corrected chi connectivity index (χ2v) is 3.37. The van der Waals surface area contributed by atoms with Crippen molar-refractivity contribution in [2.24, 2.45) is 0 Å². The number of pyridine rings is 1. The van der Waals surface area contributed by atoms with Gasteiger partial charge in [-0.25, -0.2) is 14.4 Å². The molecule has 0 saturated carbocycles. The second kappa shape index (κ2) is 3.90. The Bertz CT molecular complexity index is 482. The normalized spacial score (nSPS) is 10.3. The third-order valence-corrected chi connectivity index (χ3v) is 2.05. The van der Waals surface area contributed by atoms with E-state index >= 15 is 0 Å². The Morgan fingerprint density at radius 1 is 1.33 bits per heavy atom. The molecule has 0 fully saturated rings. The maximum atomic E-state index is 13.4. The van der Waals surface area contributed by atoms with Gasteiger partial charge in [0.05, 0.1) is 11.9 Å². The summed E-state index contributed by atoms with van der Waals surface area (Å²) in [6, 6.07) is 3.07. The van der Waals surface area contributed by atoms with Crippen LogP contribution in [0.2, 0.25) is 5.15 Å². The van der Waals surface area contributed by atoms with Crippen molar-refractivity contribution in [3.63, 3.8) is 0 Å². The van der Waals surface area contributed by atoms with Gasteiger partial charge in [-0.3, -0.25) is 4.98 Å². The number of halogens is 2. The molecule has 0 aromatic carbocycles. The monoisotopic (exact) mass is 223 g/mol. The molecule has 76 valence electrons. The third kappa shape index (κ3) is 2.10. The summed E-state index contributed by atoms with van der Waals surface area (Å²) in [5.41, 5.74) is 0.838. The molecule has 5 heteroatoms. The van der Waals surface area contributed by atoms with Gasteiger partial charge < -0.3 is 0 Å². The van der Waals surface area contributed by atoms with Crippen LogP contribution in [0.1, 0.15) is 5.82 Å². The zero-order valence-electron chi connectivity index (χ0n) is 7.91. The standard InChI is InChI=1S/C10H7ClFN3/c1-6-14-9(4-10(11)15-6)7-2-3-13-5-8(7)12/h2-5H,1H3. The van der Waals surface area contributed by atoms with Crippen LogP contribution in [0.15, 0.2) is 24.5 Å². The Balaban J connectivity index is 2.59. The fourth-order valence-corrected chi connectivity index (χ4v) is 1.48. The highest BCUT2D eigenvalue weighted by atomic mass is 35.5. The van der Waals surface area contributed by atoms with E-state index in [2.05, 4.69) is 15.0 Å². The topological polar surface area (TPSA) is 38.7 Å². The molecular formula is C10H7ClFN3. The van der Waals surface area contributed by atoms with Crippen LogP contribution in [0.5, 0.6) is 0 Å². The molecule has 0 saturated heterocycles. The van der Waals surface area contributed by atoms with Crippen molar-refractivity contribution in [3.05, 3.63) is 41.3 Å². The van der Waals surface area contributed by atoms with Gasteiger partial charge in [0.25, 0.3) is 0 Å². The molecule has 0 spiro atoms. The predicted molar refractivity (Wildman–Crippen MR) is 55.0 cm³/mol. The third-order valence-electron chi connectivity index (χ3n) is 1.86. The largest absolute Gasteiger partial charge is 0.262 e. The minimum Gasteiger partial charge on any atom is -0.262 e. The van der Waals surface area contributed by atoms with Crippen molar-refractivity contribution >= 4 is 11.6 Å². The summed E-state index contributed by atoms with van der Waals surface area (Å²) in [5.74, 6) is 0.0837. The lowest BCUT2D eigenvalue weighted by Gasteiger charge is -2.03. The van der Waals surface area contributed by atoms with Gasteiger partial charge in [0.1, 0.15) is 11.0 Å².